The van der Waals surface area contributed by atoms with Gasteiger partial charge in [-0.25, -0.2) is 0 Å². The summed E-state index contributed by atoms with van der Waals surface area (Å²) < 4.78 is 107. The summed E-state index contributed by atoms with van der Waals surface area (Å²) >= 11 is 0. The molecule has 0 aliphatic rings. The van der Waals surface area contributed by atoms with Crippen molar-refractivity contribution in [3.8, 4) is 11.5 Å². The number of nitrogens with zero attached hydrogens (tertiary/aromatic N) is 8. The van der Waals surface area contributed by atoms with Crippen LogP contribution in [0.2, 0.25) is 0 Å². The van der Waals surface area contributed by atoms with E-state index in [1.54, 1.807) is 0 Å². The maximum absolute atomic E-state index is 12.7. The molecule has 14 N–H and O–H groups in total. The highest BCUT2D eigenvalue weighted by atomic mass is 32.2. The van der Waals surface area contributed by atoms with Crippen molar-refractivity contribution in [1.82, 2.24) is 0 Å². The number of azo groups is 4. The van der Waals surface area contributed by atoms with Crippen molar-refractivity contribution in [3.05, 3.63) is 139 Å². The molecule has 380 valence electrons. The van der Waals surface area contributed by atoms with Crippen LogP contribution in [0.1, 0.15) is 20.7 Å². The SMILES string of the molecule is NC(=O)c1ccc(N=Nc2ccc(N)c3c(O)c(N=Nc4ccc(Nc5ccc(N=Nc6c(S(=O)(=O)O)cc7c(N=Nc8ccc(C(N)=O)cc8)ccc(N)c7c6O)cc5S(=O)(=O)O)cc4)c(S(=O)(=O)O)cc23)cc1. The zero-order chi connectivity index (χ0) is 54.1. The third-order valence-electron chi connectivity index (χ3n) is 10.8. The van der Waals surface area contributed by atoms with Crippen LogP contribution >= 0.6 is 0 Å². The number of hydrogen-bond donors (Lipinski definition) is 10. The Morgan fingerprint density at radius 1 is 0.427 bits per heavy atom. The summed E-state index contributed by atoms with van der Waals surface area (Å²) in [4.78, 5) is 20.3. The zero-order valence-corrected chi connectivity index (χ0v) is 40.2. The monoisotopic (exact) mass is 1070 g/mol. The second kappa shape index (κ2) is 20.1. The van der Waals surface area contributed by atoms with Gasteiger partial charge in [-0.3, -0.25) is 23.2 Å². The van der Waals surface area contributed by atoms with Gasteiger partial charge in [0.15, 0.2) is 11.5 Å². The van der Waals surface area contributed by atoms with Crippen LogP contribution in [-0.4, -0.2) is 60.9 Å². The van der Waals surface area contributed by atoms with Gasteiger partial charge >= 0.3 is 0 Å². The van der Waals surface area contributed by atoms with E-state index in [0.29, 0.717) is 0 Å². The number of anilines is 4. The summed E-state index contributed by atoms with van der Waals surface area (Å²) in [6.07, 6.45) is 0. The van der Waals surface area contributed by atoms with Crippen molar-refractivity contribution in [2.75, 3.05) is 16.8 Å². The van der Waals surface area contributed by atoms with Crippen LogP contribution in [0.3, 0.4) is 0 Å². The lowest BCUT2D eigenvalue weighted by Gasteiger charge is -2.13. The molecule has 0 atom stereocenters. The van der Waals surface area contributed by atoms with E-state index in [1.165, 1.54) is 103 Å². The molecule has 0 fully saturated rings. The number of phenolic OH excluding ortho intramolecular Hbond substituents is 2. The molecule has 26 nitrogen and oxygen atoms in total. The Morgan fingerprint density at radius 3 is 1.17 bits per heavy atom. The van der Waals surface area contributed by atoms with Gasteiger partial charge in [-0.2, -0.15) is 45.7 Å². The molecular formula is C46H35N13O13S3. The van der Waals surface area contributed by atoms with Crippen molar-refractivity contribution in [3.63, 3.8) is 0 Å². The lowest BCUT2D eigenvalue weighted by molar-refractivity contribution is 0.0992. The molecule has 0 aliphatic carbocycles. The number of carbonyl (C=O) groups excluding carboxylic acids is 2. The predicted octanol–water partition coefficient (Wildman–Crippen LogP) is 9.91. The maximum atomic E-state index is 12.7. The lowest BCUT2D eigenvalue weighted by Crippen LogP contribution is -2.10. The van der Waals surface area contributed by atoms with Gasteiger partial charge in [0.25, 0.3) is 30.4 Å². The molecule has 75 heavy (non-hydrogen) atoms. The number of carbonyl (C=O) groups is 2. The number of amides is 2. The van der Waals surface area contributed by atoms with Crippen molar-refractivity contribution in [2.45, 2.75) is 14.7 Å². The van der Waals surface area contributed by atoms with Gasteiger partial charge in [-0.15, -0.1) is 20.5 Å². The molecular weight excluding hydrogens is 1040 g/mol. The number of nitrogens with two attached hydrogens (primary N) is 4. The number of rotatable bonds is 15. The second-order valence-electron chi connectivity index (χ2n) is 15.7. The Kier molecular flexibility index (Phi) is 13.9. The van der Waals surface area contributed by atoms with Crippen molar-refractivity contribution in [1.29, 1.82) is 0 Å². The van der Waals surface area contributed by atoms with E-state index in [-0.39, 0.29) is 89.5 Å². The largest absolute Gasteiger partial charge is 0.505 e. The topological polar surface area (TPSA) is 453 Å². The summed E-state index contributed by atoms with van der Waals surface area (Å²) in [7, 11) is -15.3. The first-order valence-corrected chi connectivity index (χ1v) is 25.3. The third-order valence-corrected chi connectivity index (χ3v) is 13.4. The highest BCUT2D eigenvalue weighted by molar-refractivity contribution is 7.86. The summed E-state index contributed by atoms with van der Waals surface area (Å²) in [5.74, 6) is -3.00. The predicted molar refractivity (Wildman–Crippen MR) is 272 cm³/mol. The standard InChI is InChI=1S/C46H35N13O13S3/c47-31-14-17-33(56-52-25-5-1-22(2-6-25)45(49)62)29-20-37(74(67,68)69)41(43(60)39(29)31)58-54-27-11-9-24(10-12-27)51-35-16-13-28(19-36(35)73(64,65)66)55-59-42-38(75(70,71)72)21-30-34(18-15-32(48)40(30)44(42)61)57-53-26-7-3-23(4-8-26)46(50)63/h1-21,51,60-61H,47-48H2,(H2,49,62)(H2,50,63)(H,64,65,66)(H,67,68,69)(H,70,71,72). The fraction of sp³-hybridized carbons (Fsp3) is 0. The van der Waals surface area contributed by atoms with Gasteiger partial charge in [-0.05, 0) is 127 Å². The minimum absolute atomic E-state index is 0.0197. The van der Waals surface area contributed by atoms with E-state index in [9.17, 15) is 58.7 Å². The average Bonchev–Trinajstić information content (AvgIpc) is 3.35. The Hall–Kier alpha value is -9.65. The Morgan fingerprint density at radius 2 is 0.787 bits per heavy atom. The Bertz CT molecular complexity index is 4160. The number of phenols is 2. The van der Waals surface area contributed by atoms with Crippen molar-refractivity contribution >= 4 is 132 Å². The highest BCUT2D eigenvalue weighted by Gasteiger charge is 2.27. The number of benzene rings is 8. The van der Waals surface area contributed by atoms with Crippen LogP contribution in [0, 0.1) is 0 Å². The Labute approximate surface area is 422 Å². The van der Waals surface area contributed by atoms with Crippen molar-refractivity contribution < 1.29 is 58.7 Å². The first-order valence-electron chi connectivity index (χ1n) is 20.9. The number of hydrogen-bond acceptors (Lipinski definition) is 21. The summed E-state index contributed by atoms with van der Waals surface area (Å²) in [6, 6.07) is 27.3. The smallest absolute Gasteiger partial charge is 0.296 e. The van der Waals surface area contributed by atoms with E-state index >= 15 is 0 Å². The molecule has 0 aliphatic heterocycles. The molecule has 2 amide bonds. The molecule has 0 saturated carbocycles. The van der Waals surface area contributed by atoms with E-state index in [2.05, 4.69) is 46.2 Å². The molecule has 0 unspecified atom stereocenters. The fourth-order valence-electron chi connectivity index (χ4n) is 7.18. The minimum atomic E-state index is -5.18. The average molecular weight is 1070 g/mol. The molecule has 0 radical (unpaired) electrons. The summed E-state index contributed by atoms with van der Waals surface area (Å²) in [5.41, 5.74) is 21.9. The molecule has 29 heteroatoms. The maximum Gasteiger partial charge on any atom is 0.296 e. The zero-order valence-electron chi connectivity index (χ0n) is 37.7. The van der Waals surface area contributed by atoms with Gasteiger partial charge in [0, 0.05) is 39.0 Å². The number of nitrogens with one attached hydrogen (secondary N) is 1. The summed E-state index contributed by atoms with van der Waals surface area (Å²) in [6.45, 7) is 0. The van der Waals surface area contributed by atoms with E-state index < -0.39 is 79.7 Å². The minimum Gasteiger partial charge on any atom is -0.505 e. The first kappa shape index (κ1) is 51.7. The van der Waals surface area contributed by atoms with E-state index in [1.807, 2.05) is 0 Å². The number of primary amides is 2. The molecule has 0 heterocycles. The van der Waals surface area contributed by atoms with Gasteiger partial charge in [0.05, 0.1) is 50.6 Å². The van der Waals surface area contributed by atoms with E-state index in [0.717, 1.165) is 24.3 Å². The van der Waals surface area contributed by atoms with Crippen LogP contribution in [0.15, 0.2) is 183 Å². The molecule has 0 aromatic heterocycles. The van der Waals surface area contributed by atoms with Gasteiger partial charge in [0.2, 0.25) is 11.8 Å². The molecule has 0 spiro atoms. The van der Waals surface area contributed by atoms with Crippen LogP contribution in [0.4, 0.5) is 68.2 Å². The van der Waals surface area contributed by atoms with Crippen LogP contribution in [0.25, 0.3) is 21.5 Å². The fourth-order valence-corrected chi connectivity index (χ4v) is 9.15. The van der Waals surface area contributed by atoms with Gasteiger partial charge < -0.3 is 38.5 Å². The number of fused-ring (bicyclic) bond motifs is 2. The molecule has 8 rings (SSSR count). The lowest BCUT2D eigenvalue weighted by atomic mass is 10.0. The van der Waals surface area contributed by atoms with Gasteiger partial charge in [-0.1, -0.05) is 0 Å². The second-order valence-corrected chi connectivity index (χ2v) is 19.9. The molecule has 0 bridgehead atoms. The quantitative estimate of drug-likeness (QED) is 0.0259. The number of aromatic hydroxyl groups is 2. The normalized spacial score (nSPS) is 12.5. The molecule has 8 aromatic rings. The first-order chi connectivity index (χ1) is 35.4. The van der Waals surface area contributed by atoms with Crippen LogP contribution < -0.4 is 28.3 Å². The van der Waals surface area contributed by atoms with E-state index in [4.69, 9.17) is 22.9 Å². The third kappa shape index (κ3) is 11.2. The molecule has 0 saturated heterocycles. The van der Waals surface area contributed by atoms with Gasteiger partial charge in [0.1, 0.15) is 26.1 Å². The van der Waals surface area contributed by atoms with Crippen LogP contribution in [-0.2, 0) is 30.4 Å². The number of nitrogen functional groups attached to an aromatic ring is 2. The van der Waals surface area contributed by atoms with Crippen LogP contribution in [0.5, 0.6) is 11.5 Å². The molecule has 8 aromatic carbocycles. The van der Waals surface area contributed by atoms with Crippen molar-refractivity contribution in [2.24, 2.45) is 52.4 Å². The highest BCUT2D eigenvalue weighted by Crippen LogP contribution is 2.48. The Balaban J connectivity index is 1.06. The summed E-state index contributed by atoms with van der Waals surface area (Å²) in [5, 5.41) is 57.1.